The van der Waals surface area contributed by atoms with Crippen LogP contribution in [0.3, 0.4) is 0 Å². The van der Waals surface area contributed by atoms with Gasteiger partial charge in [-0.1, -0.05) is 15.9 Å². The van der Waals surface area contributed by atoms with E-state index in [2.05, 4.69) is 26.0 Å². The summed E-state index contributed by atoms with van der Waals surface area (Å²) in [7, 11) is 3.24. The molecule has 0 aromatic heterocycles. The van der Waals surface area contributed by atoms with Crippen LogP contribution in [-0.2, 0) is 16.1 Å². The quantitative estimate of drug-likeness (QED) is 0.818. The summed E-state index contributed by atoms with van der Waals surface area (Å²) in [5, 5.41) is 3.07. The zero-order valence-electron chi connectivity index (χ0n) is 9.96. The third-order valence-electron chi connectivity index (χ3n) is 2.18. The smallest absolute Gasteiger partial charge is 0.308 e. The molecule has 0 radical (unpaired) electrons. The van der Waals surface area contributed by atoms with E-state index in [-0.39, 0.29) is 12.4 Å². The first-order valence-electron chi connectivity index (χ1n) is 5.30. The normalized spacial score (nSPS) is 10.1. The Hall–Kier alpha value is -1.07. The number of carbonyl (C=O) groups excluding carboxylic acids is 1. The number of halogens is 1. The van der Waals surface area contributed by atoms with Gasteiger partial charge in [0.05, 0.1) is 20.1 Å². The van der Waals surface area contributed by atoms with Crippen molar-refractivity contribution in [2.24, 2.45) is 0 Å². The number of ether oxygens (including phenoxy) is 2. The predicted molar refractivity (Wildman–Crippen MR) is 69.0 cm³/mol. The molecule has 0 saturated carbocycles. The molecular formula is C12H16BrNO3. The molecule has 0 spiro atoms. The fourth-order valence-electron chi connectivity index (χ4n) is 1.36. The molecule has 1 aromatic carbocycles. The molecule has 0 amide bonds. The Balaban J connectivity index is 2.60. The van der Waals surface area contributed by atoms with E-state index >= 15 is 0 Å². The number of rotatable bonds is 6. The second-order valence-corrected chi connectivity index (χ2v) is 4.37. The molecule has 0 fully saturated rings. The highest BCUT2D eigenvalue weighted by Crippen LogP contribution is 2.23. The first-order valence-corrected chi connectivity index (χ1v) is 6.09. The van der Waals surface area contributed by atoms with E-state index in [0.29, 0.717) is 13.2 Å². The summed E-state index contributed by atoms with van der Waals surface area (Å²) in [6, 6.07) is 5.78. The fourth-order valence-corrected chi connectivity index (χ4v) is 1.77. The molecule has 1 aromatic rings. The van der Waals surface area contributed by atoms with Crippen molar-refractivity contribution >= 4 is 21.9 Å². The first-order chi connectivity index (χ1) is 8.17. The van der Waals surface area contributed by atoms with E-state index < -0.39 is 0 Å². The van der Waals surface area contributed by atoms with Crippen LogP contribution >= 0.6 is 15.9 Å². The topological polar surface area (TPSA) is 47.6 Å². The van der Waals surface area contributed by atoms with Crippen LogP contribution in [0, 0.1) is 0 Å². The Morgan fingerprint density at radius 2 is 2.24 bits per heavy atom. The van der Waals surface area contributed by atoms with Gasteiger partial charge in [0, 0.05) is 16.6 Å². The molecule has 0 saturated heterocycles. The molecule has 17 heavy (non-hydrogen) atoms. The molecule has 4 nitrogen and oxygen atoms in total. The van der Waals surface area contributed by atoms with Gasteiger partial charge in [-0.25, -0.2) is 0 Å². The molecule has 0 unspecified atom stereocenters. The number of carbonyl (C=O) groups is 1. The first kappa shape index (κ1) is 14.0. The maximum atomic E-state index is 10.9. The third kappa shape index (κ3) is 4.75. The molecule has 0 heterocycles. The van der Waals surface area contributed by atoms with Crippen LogP contribution < -0.4 is 10.1 Å². The summed E-state index contributed by atoms with van der Waals surface area (Å²) in [6.45, 7) is 1.04. The van der Waals surface area contributed by atoms with Gasteiger partial charge in [-0.15, -0.1) is 0 Å². The minimum absolute atomic E-state index is 0.256. The summed E-state index contributed by atoms with van der Waals surface area (Å²) < 4.78 is 11.1. The van der Waals surface area contributed by atoms with Crippen LogP contribution in [0.1, 0.15) is 12.0 Å². The van der Waals surface area contributed by atoms with Crippen LogP contribution in [0.2, 0.25) is 0 Å². The van der Waals surface area contributed by atoms with Crippen molar-refractivity contribution in [1.82, 2.24) is 5.32 Å². The minimum Gasteiger partial charge on any atom is -0.493 e. The largest absolute Gasteiger partial charge is 0.493 e. The van der Waals surface area contributed by atoms with Crippen molar-refractivity contribution in [2.45, 2.75) is 13.0 Å². The molecule has 1 rings (SSSR count). The molecule has 1 N–H and O–H groups in total. The monoisotopic (exact) mass is 301 g/mol. The summed E-state index contributed by atoms with van der Waals surface area (Å²) in [6.07, 6.45) is 0.256. The molecule has 0 aliphatic rings. The van der Waals surface area contributed by atoms with Gasteiger partial charge >= 0.3 is 5.97 Å². The zero-order valence-corrected chi connectivity index (χ0v) is 11.5. The molecular weight excluding hydrogens is 286 g/mol. The number of esters is 1. The number of nitrogens with one attached hydrogen (secondary N) is 1. The molecule has 5 heteroatoms. The van der Waals surface area contributed by atoms with Crippen LogP contribution in [0.25, 0.3) is 0 Å². The minimum atomic E-state index is -0.266. The van der Waals surface area contributed by atoms with Crippen molar-refractivity contribution in [2.75, 3.05) is 20.8 Å². The highest BCUT2D eigenvalue weighted by molar-refractivity contribution is 9.10. The Labute approximate surface area is 109 Å². The maximum absolute atomic E-state index is 10.9. The molecule has 0 atom stereocenters. The number of hydrogen-bond acceptors (Lipinski definition) is 4. The van der Waals surface area contributed by atoms with Gasteiger partial charge in [0.2, 0.25) is 0 Å². The van der Waals surface area contributed by atoms with Crippen molar-refractivity contribution in [1.29, 1.82) is 0 Å². The molecule has 0 aliphatic heterocycles. The van der Waals surface area contributed by atoms with Crippen molar-refractivity contribution in [3.63, 3.8) is 0 Å². The van der Waals surface area contributed by atoms with Crippen LogP contribution in [0.15, 0.2) is 22.7 Å². The Bertz CT molecular complexity index is 382. The highest BCUT2D eigenvalue weighted by Gasteiger charge is 2.05. The third-order valence-corrected chi connectivity index (χ3v) is 2.67. The maximum Gasteiger partial charge on any atom is 0.308 e. The van der Waals surface area contributed by atoms with Gasteiger partial charge in [-0.3, -0.25) is 4.79 Å². The summed E-state index contributed by atoms with van der Waals surface area (Å²) in [4.78, 5) is 10.9. The SMILES string of the molecule is CNCc1cc(Br)ccc1OCCC(=O)OC. The summed E-state index contributed by atoms with van der Waals surface area (Å²) >= 11 is 3.41. The van der Waals surface area contributed by atoms with E-state index in [1.807, 2.05) is 25.2 Å². The lowest BCUT2D eigenvalue weighted by Crippen LogP contribution is -2.11. The van der Waals surface area contributed by atoms with Crippen molar-refractivity contribution < 1.29 is 14.3 Å². The Kier molecular flexibility index (Phi) is 6.00. The van der Waals surface area contributed by atoms with Crippen molar-refractivity contribution in [3.05, 3.63) is 28.2 Å². The van der Waals surface area contributed by atoms with Gasteiger partial charge < -0.3 is 14.8 Å². The van der Waals surface area contributed by atoms with E-state index in [1.54, 1.807) is 0 Å². The highest BCUT2D eigenvalue weighted by atomic mass is 79.9. The Morgan fingerprint density at radius 1 is 1.47 bits per heavy atom. The standard InChI is InChI=1S/C12H16BrNO3/c1-14-8-9-7-10(13)3-4-11(9)17-6-5-12(15)16-2/h3-4,7,14H,5-6,8H2,1-2H3. The average Bonchev–Trinajstić information content (AvgIpc) is 2.32. The average molecular weight is 302 g/mol. The number of methoxy groups -OCH3 is 1. The lowest BCUT2D eigenvalue weighted by atomic mass is 10.2. The number of hydrogen-bond donors (Lipinski definition) is 1. The second-order valence-electron chi connectivity index (χ2n) is 3.46. The van der Waals surface area contributed by atoms with Gasteiger partial charge in [0.1, 0.15) is 5.75 Å². The van der Waals surface area contributed by atoms with E-state index in [4.69, 9.17) is 4.74 Å². The van der Waals surface area contributed by atoms with Crippen LogP contribution in [0.4, 0.5) is 0 Å². The lowest BCUT2D eigenvalue weighted by Gasteiger charge is -2.11. The Morgan fingerprint density at radius 3 is 2.88 bits per heavy atom. The van der Waals surface area contributed by atoms with Crippen molar-refractivity contribution in [3.8, 4) is 5.75 Å². The van der Waals surface area contributed by atoms with Gasteiger partial charge in [0.15, 0.2) is 0 Å². The molecule has 0 bridgehead atoms. The number of benzene rings is 1. The van der Waals surface area contributed by atoms with E-state index in [1.165, 1.54) is 7.11 Å². The molecule has 0 aliphatic carbocycles. The lowest BCUT2D eigenvalue weighted by molar-refractivity contribution is -0.141. The zero-order chi connectivity index (χ0) is 12.7. The van der Waals surface area contributed by atoms with E-state index in [9.17, 15) is 4.79 Å². The van der Waals surface area contributed by atoms with Gasteiger partial charge in [-0.05, 0) is 25.2 Å². The summed E-state index contributed by atoms with van der Waals surface area (Å²) in [5.41, 5.74) is 1.05. The predicted octanol–water partition coefficient (Wildman–Crippen LogP) is 2.11. The van der Waals surface area contributed by atoms with Crippen LogP contribution in [0.5, 0.6) is 5.75 Å². The second kappa shape index (κ2) is 7.29. The van der Waals surface area contributed by atoms with Crippen LogP contribution in [-0.4, -0.2) is 26.7 Å². The van der Waals surface area contributed by atoms with Gasteiger partial charge in [-0.2, -0.15) is 0 Å². The fraction of sp³-hybridized carbons (Fsp3) is 0.417. The van der Waals surface area contributed by atoms with Gasteiger partial charge in [0.25, 0.3) is 0 Å². The summed E-state index contributed by atoms with van der Waals surface area (Å²) in [5.74, 6) is 0.517. The molecule has 94 valence electrons. The van der Waals surface area contributed by atoms with E-state index in [0.717, 1.165) is 15.8 Å².